The van der Waals surface area contributed by atoms with E-state index in [9.17, 15) is 0 Å². The molecule has 0 fully saturated rings. The zero-order chi connectivity index (χ0) is 17.9. The van der Waals surface area contributed by atoms with Gasteiger partial charge in [-0.1, -0.05) is 64.1 Å². The highest BCUT2D eigenvalue weighted by Crippen LogP contribution is 2.43. The smallest absolute Gasteiger partial charge is 0.0494 e. The second-order valence-corrected chi connectivity index (χ2v) is 7.18. The van der Waals surface area contributed by atoms with Crippen LogP contribution in [0, 0.1) is 5.92 Å². The molecule has 1 heteroatoms. The number of fused-ring (bicyclic) bond motifs is 1. The second kappa shape index (κ2) is 7.70. The Morgan fingerprint density at radius 2 is 1.83 bits per heavy atom. The summed E-state index contributed by atoms with van der Waals surface area (Å²) in [6.45, 7) is 19.4. The molecule has 0 aliphatic heterocycles. The fourth-order valence-electron chi connectivity index (χ4n) is 3.63. The number of rotatable bonds is 2. The summed E-state index contributed by atoms with van der Waals surface area (Å²) < 4.78 is 0. The molecule has 0 saturated carbocycles. The molecule has 1 N–H and O–H groups in total. The molecular weight excluding hydrogens is 290 g/mol. The number of allylic oxidation sites excluding steroid dienone is 4. The third-order valence-electron chi connectivity index (χ3n) is 4.41. The van der Waals surface area contributed by atoms with Gasteiger partial charge in [-0.2, -0.15) is 0 Å². The standard InChI is InChI=1S/C20H23N.C3H8/c1-12(2)20-19(16-8-6-7-9-17(16)21-20)18-14(4)10-13(3)11-15(18)5;1-3-2/h6-9,13,21H,1,4,10-11H2,2-3,5H3;3H2,1-2H3. The minimum Gasteiger partial charge on any atom is -0.354 e. The van der Waals surface area contributed by atoms with Crippen molar-refractivity contribution < 1.29 is 0 Å². The molecule has 0 saturated heterocycles. The van der Waals surface area contributed by atoms with E-state index in [0.717, 1.165) is 24.1 Å². The van der Waals surface area contributed by atoms with Gasteiger partial charge in [0.25, 0.3) is 0 Å². The maximum absolute atomic E-state index is 4.36. The molecule has 24 heavy (non-hydrogen) atoms. The molecule has 1 aromatic heterocycles. The molecule has 0 amide bonds. The van der Waals surface area contributed by atoms with E-state index in [1.807, 2.05) is 0 Å². The molecule has 0 bridgehead atoms. The largest absolute Gasteiger partial charge is 0.354 e. The van der Waals surface area contributed by atoms with E-state index in [1.165, 1.54) is 39.6 Å². The number of benzene rings is 1. The highest BCUT2D eigenvalue weighted by atomic mass is 14.7. The van der Waals surface area contributed by atoms with Gasteiger partial charge in [0, 0.05) is 22.2 Å². The Kier molecular flexibility index (Phi) is 5.88. The quantitative estimate of drug-likeness (QED) is 0.594. The number of nitrogens with one attached hydrogen (secondary N) is 1. The van der Waals surface area contributed by atoms with Crippen LogP contribution in [-0.2, 0) is 0 Å². The van der Waals surface area contributed by atoms with Crippen molar-refractivity contribution in [3.8, 4) is 0 Å². The molecule has 3 rings (SSSR count). The highest BCUT2D eigenvalue weighted by Gasteiger charge is 2.24. The first-order valence-electron chi connectivity index (χ1n) is 9.05. The van der Waals surface area contributed by atoms with E-state index in [2.05, 4.69) is 77.0 Å². The second-order valence-electron chi connectivity index (χ2n) is 7.18. The normalized spacial score (nSPS) is 17.7. The summed E-state index contributed by atoms with van der Waals surface area (Å²) in [6.07, 6.45) is 3.49. The number of H-pyrrole nitrogens is 1. The van der Waals surface area contributed by atoms with Gasteiger partial charge in [-0.25, -0.2) is 0 Å². The summed E-state index contributed by atoms with van der Waals surface area (Å²) in [6, 6.07) is 8.50. The Morgan fingerprint density at radius 1 is 1.21 bits per heavy atom. The van der Waals surface area contributed by atoms with Crippen molar-refractivity contribution in [2.24, 2.45) is 5.92 Å². The molecule has 1 heterocycles. The van der Waals surface area contributed by atoms with Crippen LogP contribution in [0.1, 0.15) is 65.1 Å². The first kappa shape index (κ1) is 18.3. The van der Waals surface area contributed by atoms with Crippen molar-refractivity contribution in [2.45, 2.75) is 53.9 Å². The van der Waals surface area contributed by atoms with Gasteiger partial charge in [-0.05, 0) is 55.4 Å². The van der Waals surface area contributed by atoms with Crippen molar-refractivity contribution in [3.63, 3.8) is 0 Å². The molecule has 2 aromatic rings. The SMILES string of the molecule is C=C1CC(C)CC(C)=C1c1c(C(=C)C)[nH]c2ccccc12.CCC. The zero-order valence-electron chi connectivity index (χ0n) is 15.9. The van der Waals surface area contributed by atoms with Crippen molar-refractivity contribution in [1.82, 2.24) is 4.98 Å². The number of hydrogen-bond donors (Lipinski definition) is 1. The van der Waals surface area contributed by atoms with Gasteiger partial charge in [0.1, 0.15) is 0 Å². The number of aromatic amines is 1. The number of hydrogen-bond acceptors (Lipinski definition) is 0. The van der Waals surface area contributed by atoms with E-state index in [1.54, 1.807) is 0 Å². The summed E-state index contributed by atoms with van der Waals surface area (Å²) in [5, 5.41) is 1.28. The van der Waals surface area contributed by atoms with Crippen LogP contribution in [0.4, 0.5) is 0 Å². The van der Waals surface area contributed by atoms with Crippen LogP contribution >= 0.6 is 0 Å². The van der Waals surface area contributed by atoms with Crippen LogP contribution in [-0.4, -0.2) is 4.98 Å². The molecule has 1 aliphatic rings. The molecule has 0 radical (unpaired) electrons. The van der Waals surface area contributed by atoms with Crippen molar-refractivity contribution in [1.29, 1.82) is 0 Å². The Hall–Kier alpha value is -2.02. The predicted molar refractivity (Wildman–Crippen MR) is 109 cm³/mol. The van der Waals surface area contributed by atoms with E-state index in [0.29, 0.717) is 5.92 Å². The molecule has 1 nitrogen and oxygen atoms in total. The van der Waals surface area contributed by atoms with Crippen molar-refractivity contribution in [2.75, 3.05) is 0 Å². The van der Waals surface area contributed by atoms with Gasteiger partial charge in [-0.15, -0.1) is 0 Å². The van der Waals surface area contributed by atoms with Crippen LogP contribution in [0.3, 0.4) is 0 Å². The van der Waals surface area contributed by atoms with Crippen LogP contribution < -0.4 is 0 Å². The zero-order valence-corrected chi connectivity index (χ0v) is 15.9. The lowest BCUT2D eigenvalue weighted by Gasteiger charge is -2.26. The Labute approximate surface area is 147 Å². The van der Waals surface area contributed by atoms with Crippen LogP contribution in [0.25, 0.3) is 22.0 Å². The van der Waals surface area contributed by atoms with Gasteiger partial charge in [-0.3, -0.25) is 0 Å². The van der Waals surface area contributed by atoms with Crippen molar-refractivity contribution >= 4 is 22.0 Å². The minimum absolute atomic E-state index is 0.694. The maximum Gasteiger partial charge on any atom is 0.0494 e. The lowest BCUT2D eigenvalue weighted by atomic mass is 9.79. The van der Waals surface area contributed by atoms with Crippen LogP contribution in [0.15, 0.2) is 48.6 Å². The number of para-hydroxylation sites is 1. The van der Waals surface area contributed by atoms with Gasteiger partial charge in [0.05, 0.1) is 0 Å². The summed E-state index contributed by atoms with van der Waals surface area (Å²) in [7, 11) is 0. The third-order valence-corrected chi connectivity index (χ3v) is 4.41. The summed E-state index contributed by atoms with van der Waals surface area (Å²) >= 11 is 0. The minimum atomic E-state index is 0.694. The first-order valence-corrected chi connectivity index (χ1v) is 9.05. The van der Waals surface area contributed by atoms with Gasteiger partial charge in [0.15, 0.2) is 0 Å². The summed E-state index contributed by atoms with van der Waals surface area (Å²) in [5.41, 5.74) is 8.77. The lowest BCUT2D eigenvalue weighted by molar-refractivity contribution is 0.565. The fourth-order valence-corrected chi connectivity index (χ4v) is 3.63. The Morgan fingerprint density at radius 3 is 2.42 bits per heavy atom. The van der Waals surface area contributed by atoms with E-state index in [4.69, 9.17) is 0 Å². The molecule has 128 valence electrons. The monoisotopic (exact) mass is 321 g/mol. The molecule has 1 unspecified atom stereocenters. The number of aromatic nitrogens is 1. The fraction of sp³-hybridized carbons (Fsp3) is 0.391. The topological polar surface area (TPSA) is 15.8 Å². The van der Waals surface area contributed by atoms with E-state index >= 15 is 0 Å². The van der Waals surface area contributed by atoms with Gasteiger partial charge >= 0.3 is 0 Å². The lowest BCUT2D eigenvalue weighted by Crippen LogP contribution is -2.08. The Bertz CT molecular complexity index is 785. The molecule has 1 atom stereocenters. The Balaban J connectivity index is 0.000000647. The van der Waals surface area contributed by atoms with Gasteiger partial charge < -0.3 is 4.98 Å². The molecule has 0 spiro atoms. The predicted octanol–water partition coefficient (Wildman–Crippen LogP) is 7.38. The first-order chi connectivity index (χ1) is 11.4. The highest BCUT2D eigenvalue weighted by molar-refractivity contribution is 6.02. The average molecular weight is 322 g/mol. The van der Waals surface area contributed by atoms with Crippen molar-refractivity contribution in [3.05, 3.63) is 59.8 Å². The molecule has 1 aromatic carbocycles. The molecule has 1 aliphatic carbocycles. The average Bonchev–Trinajstić information content (AvgIpc) is 2.87. The maximum atomic E-state index is 4.36. The van der Waals surface area contributed by atoms with Crippen LogP contribution in [0.5, 0.6) is 0 Å². The van der Waals surface area contributed by atoms with E-state index in [-0.39, 0.29) is 0 Å². The molecular formula is C23H31N. The van der Waals surface area contributed by atoms with Crippen LogP contribution in [0.2, 0.25) is 0 Å². The summed E-state index contributed by atoms with van der Waals surface area (Å²) in [5.74, 6) is 0.694. The van der Waals surface area contributed by atoms with E-state index < -0.39 is 0 Å². The van der Waals surface area contributed by atoms with Gasteiger partial charge in [0.2, 0.25) is 0 Å². The third kappa shape index (κ3) is 3.56. The summed E-state index contributed by atoms with van der Waals surface area (Å²) in [4.78, 5) is 3.54.